The minimum Gasteiger partial charge on any atom is -0.479 e. The molecule has 0 saturated carbocycles. The summed E-state index contributed by atoms with van der Waals surface area (Å²) in [5.74, 6) is -3.09. The fourth-order valence-corrected chi connectivity index (χ4v) is 9.59. The minimum atomic E-state index is -1.90. The summed E-state index contributed by atoms with van der Waals surface area (Å²) >= 11 is 0. The van der Waals surface area contributed by atoms with Gasteiger partial charge in [0.25, 0.3) is 0 Å². The minimum absolute atomic E-state index is 0.0682. The molecule has 0 spiro atoms. The van der Waals surface area contributed by atoms with E-state index < -0.39 is 67.3 Å². The molecule has 0 radical (unpaired) electrons. The summed E-state index contributed by atoms with van der Waals surface area (Å²) in [6, 6.07) is 0. The number of aliphatic hydroxyl groups excluding tert-OH is 2. The van der Waals surface area contributed by atoms with Gasteiger partial charge in [0.15, 0.2) is 24.6 Å². The second kappa shape index (κ2) is 50.3. The van der Waals surface area contributed by atoms with Crippen molar-refractivity contribution >= 4 is 23.9 Å². The van der Waals surface area contributed by atoms with Gasteiger partial charge in [-0.05, 0) is 38.5 Å². The third-order valence-corrected chi connectivity index (χ3v) is 14.3. The molecule has 1 aliphatic rings. The zero-order chi connectivity index (χ0) is 53.3. The van der Waals surface area contributed by atoms with Crippen molar-refractivity contribution in [3.8, 4) is 0 Å². The molecule has 0 aliphatic carbocycles. The first-order chi connectivity index (χ1) is 35.6. The lowest BCUT2D eigenvalue weighted by Gasteiger charge is -2.40. The van der Waals surface area contributed by atoms with Crippen LogP contribution in [-0.4, -0.2) is 89.2 Å². The summed E-state index contributed by atoms with van der Waals surface area (Å²) in [4.78, 5) is 51.1. The number of hydrogen-bond donors (Lipinski definition) is 3. The first kappa shape index (κ1) is 68.5. The van der Waals surface area contributed by atoms with Crippen molar-refractivity contribution < 1.29 is 58.2 Å². The van der Waals surface area contributed by atoms with Gasteiger partial charge in [-0.25, -0.2) is 4.79 Å². The number of aliphatic carboxylic acids is 1. The van der Waals surface area contributed by atoms with Crippen LogP contribution in [0.2, 0.25) is 0 Å². The van der Waals surface area contributed by atoms with Crippen LogP contribution in [0.1, 0.15) is 303 Å². The molecule has 0 amide bonds. The summed E-state index contributed by atoms with van der Waals surface area (Å²) in [5, 5.41) is 31.5. The molecule has 6 unspecified atom stereocenters. The zero-order valence-corrected chi connectivity index (χ0v) is 47.2. The van der Waals surface area contributed by atoms with E-state index in [2.05, 4.69) is 32.9 Å². The van der Waals surface area contributed by atoms with Gasteiger partial charge in [-0.2, -0.15) is 0 Å². The summed E-state index contributed by atoms with van der Waals surface area (Å²) in [5.41, 5.74) is 0. The quantitative estimate of drug-likeness (QED) is 0.0228. The van der Waals surface area contributed by atoms with Gasteiger partial charge in [0.05, 0.1) is 6.61 Å². The Hall–Kier alpha value is -2.54. The summed E-state index contributed by atoms with van der Waals surface area (Å²) in [7, 11) is 0. The highest BCUT2D eigenvalue weighted by atomic mass is 16.7. The van der Waals surface area contributed by atoms with Crippen molar-refractivity contribution in [3.05, 3.63) is 12.2 Å². The van der Waals surface area contributed by atoms with Gasteiger partial charge < -0.3 is 39.0 Å². The number of rotatable bonds is 53. The predicted octanol–water partition coefficient (Wildman–Crippen LogP) is 15.7. The standard InChI is InChI=1S/C61H112O12/c1-4-7-10-13-16-19-22-24-25-26-27-28-29-31-34-37-40-43-46-49-55(64)72-59-57(66)56(65)58(60(67)68)73-61(59)70-51-52(71-54(63)48-45-42-39-36-32-21-18-15-12-9-6-3)50-69-53(62)47-44-41-38-35-33-30-23-20-17-14-11-8-5-2/h15,18,52,56-59,61,65-66H,4-14,16-17,19-51H2,1-3H3,(H,67,68)/b18-15-. The van der Waals surface area contributed by atoms with Crippen LogP contribution in [0.5, 0.6) is 0 Å². The van der Waals surface area contributed by atoms with Crippen molar-refractivity contribution in [3.63, 3.8) is 0 Å². The Morgan fingerprint density at radius 1 is 0.438 bits per heavy atom. The second-order valence-corrected chi connectivity index (χ2v) is 21.4. The van der Waals surface area contributed by atoms with Crippen LogP contribution >= 0.6 is 0 Å². The van der Waals surface area contributed by atoms with Gasteiger partial charge in [-0.3, -0.25) is 14.4 Å². The molecule has 0 aromatic rings. The number of ether oxygens (including phenoxy) is 5. The maximum Gasteiger partial charge on any atom is 0.335 e. The van der Waals surface area contributed by atoms with Crippen molar-refractivity contribution in [2.45, 2.75) is 340 Å². The number of hydrogen-bond acceptors (Lipinski definition) is 11. The largest absolute Gasteiger partial charge is 0.479 e. The number of aliphatic hydroxyl groups is 2. The van der Waals surface area contributed by atoms with Crippen molar-refractivity contribution in [2.75, 3.05) is 13.2 Å². The summed E-state index contributed by atoms with van der Waals surface area (Å²) in [6.07, 6.45) is 43.3. The van der Waals surface area contributed by atoms with E-state index in [0.29, 0.717) is 19.3 Å². The van der Waals surface area contributed by atoms with Crippen LogP contribution in [0.3, 0.4) is 0 Å². The molecular weight excluding hydrogens is 925 g/mol. The highest BCUT2D eigenvalue weighted by Gasteiger charge is 2.50. The molecule has 1 rings (SSSR count). The molecule has 6 atom stereocenters. The summed E-state index contributed by atoms with van der Waals surface area (Å²) in [6.45, 7) is 5.98. The van der Waals surface area contributed by atoms with Crippen LogP contribution in [0, 0.1) is 0 Å². The smallest absolute Gasteiger partial charge is 0.335 e. The highest BCUT2D eigenvalue weighted by molar-refractivity contribution is 5.74. The molecule has 12 heteroatoms. The molecule has 12 nitrogen and oxygen atoms in total. The van der Waals surface area contributed by atoms with Gasteiger partial charge in [-0.15, -0.1) is 0 Å². The molecule has 0 bridgehead atoms. The van der Waals surface area contributed by atoms with Gasteiger partial charge in [0, 0.05) is 19.3 Å². The van der Waals surface area contributed by atoms with E-state index >= 15 is 0 Å². The Labute approximate surface area is 446 Å². The molecule has 1 saturated heterocycles. The number of carbonyl (C=O) groups is 4. The molecule has 1 heterocycles. The molecule has 73 heavy (non-hydrogen) atoms. The molecule has 3 N–H and O–H groups in total. The number of carboxylic acids is 1. The zero-order valence-electron chi connectivity index (χ0n) is 47.2. The van der Waals surface area contributed by atoms with Gasteiger partial charge >= 0.3 is 23.9 Å². The average Bonchev–Trinajstić information content (AvgIpc) is 3.37. The molecule has 428 valence electrons. The molecule has 1 fully saturated rings. The second-order valence-electron chi connectivity index (χ2n) is 21.4. The fourth-order valence-electron chi connectivity index (χ4n) is 9.59. The molecule has 1 aliphatic heterocycles. The molecule has 0 aromatic heterocycles. The van der Waals surface area contributed by atoms with Gasteiger partial charge in [0.1, 0.15) is 18.8 Å². The lowest BCUT2D eigenvalue weighted by Crippen LogP contribution is -2.61. The van der Waals surface area contributed by atoms with Crippen molar-refractivity contribution in [2.24, 2.45) is 0 Å². The van der Waals surface area contributed by atoms with E-state index in [-0.39, 0.29) is 25.9 Å². The first-order valence-corrected chi connectivity index (χ1v) is 30.7. The maximum absolute atomic E-state index is 13.1. The van der Waals surface area contributed by atoms with Crippen molar-refractivity contribution in [1.82, 2.24) is 0 Å². The van der Waals surface area contributed by atoms with Crippen LogP contribution in [0.25, 0.3) is 0 Å². The van der Waals surface area contributed by atoms with Crippen LogP contribution in [-0.2, 0) is 42.9 Å². The van der Waals surface area contributed by atoms with Crippen LogP contribution in [0.4, 0.5) is 0 Å². The molecule has 0 aromatic carbocycles. The first-order valence-electron chi connectivity index (χ1n) is 30.7. The van der Waals surface area contributed by atoms with Crippen LogP contribution < -0.4 is 0 Å². The maximum atomic E-state index is 13.1. The van der Waals surface area contributed by atoms with Crippen molar-refractivity contribution in [1.29, 1.82) is 0 Å². The average molecular weight is 1040 g/mol. The Morgan fingerprint density at radius 2 is 0.795 bits per heavy atom. The number of allylic oxidation sites excluding steroid dienone is 2. The van der Waals surface area contributed by atoms with E-state index in [1.54, 1.807) is 0 Å². The van der Waals surface area contributed by atoms with Crippen LogP contribution in [0.15, 0.2) is 12.2 Å². The van der Waals surface area contributed by atoms with E-state index in [9.17, 15) is 34.5 Å². The predicted molar refractivity (Wildman–Crippen MR) is 294 cm³/mol. The van der Waals surface area contributed by atoms with E-state index in [1.807, 2.05) is 0 Å². The fraction of sp³-hybridized carbons (Fsp3) is 0.902. The number of esters is 3. The topological polar surface area (TPSA) is 175 Å². The molecular formula is C61H112O12. The third kappa shape index (κ3) is 40.4. The Morgan fingerprint density at radius 3 is 1.21 bits per heavy atom. The normalized spacial score (nSPS) is 18.3. The lowest BCUT2D eigenvalue weighted by molar-refractivity contribution is -0.301. The van der Waals surface area contributed by atoms with E-state index in [0.717, 1.165) is 77.0 Å². The summed E-state index contributed by atoms with van der Waals surface area (Å²) < 4.78 is 28.4. The highest BCUT2D eigenvalue weighted by Crippen LogP contribution is 2.27. The number of carboxylic acid groups (broad SMARTS) is 1. The number of unbranched alkanes of at least 4 members (excludes halogenated alkanes) is 37. The van der Waals surface area contributed by atoms with Gasteiger partial charge in [0.2, 0.25) is 0 Å². The van der Waals surface area contributed by atoms with Gasteiger partial charge in [-0.1, -0.05) is 258 Å². The lowest BCUT2D eigenvalue weighted by atomic mass is 9.98. The third-order valence-electron chi connectivity index (χ3n) is 14.3. The van der Waals surface area contributed by atoms with E-state index in [1.165, 1.54) is 167 Å². The van der Waals surface area contributed by atoms with E-state index in [4.69, 9.17) is 23.7 Å². The Kier molecular flexibility index (Phi) is 47.2. The Bertz CT molecular complexity index is 1320. The Balaban J connectivity index is 2.62. The number of carbonyl (C=O) groups excluding carboxylic acids is 3. The monoisotopic (exact) mass is 1040 g/mol. The SMILES string of the molecule is CCCC/C=C\CCCCCCCC(=O)OC(COC(=O)CCCCCCCCCCCCCCC)COC1OC(C(=O)O)C(O)C(O)C1OC(=O)CCCCCCCCCCCCCCCCCCCCC.